The normalized spacial score (nSPS) is 15.2. The number of aromatic nitrogens is 1. The fourth-order valence-electron chi connectivity index (χ4n) is 2.83. The molecule has 0 radical (unpaired) electrons. The molecule has 1 N–H and O–H groups in total. The van der Waals surface area contributed by atoms with Gasteiger partial charge in [-0.15, -0.1) is 0 Å². The first kappa shape index (κ1) is 14.8. The zero-order valence-corrected chi connectivity index (χ0v) is 13.6. The number of furan rings is 1. The van der Waals surface area contributed by atoms with E-state index in [4.69, 9.17) is 8.94 Å². The average molecular weight is 322 g/mol. The minimum Gasteiger partial charge on any atom is -0.461 e. The molecule has 3 aromatic rings. The number of anilines is 1. The summed E-state index contributed by atoms with van der Waals surface area (Å²) < 4.78 is 10.7. The van der Waals surface area contributed by atoms with Crippen LogP contribution in [0.5, 0.6) is 0 Å². The number of hydrogen-bond acceptors (Lipinski definition) is 4. The predicted octanol–water partition coefficient (Wildman–Crippen LogP) is 4.22. The van der Waals surface area contributed by atoms with Crippen LogP contribution < -0.4 is 5.32 Å². The van der Waals surface area contributed by atoms with E-state index >= 15 is 0 Å². The zero-order valence-electron chi connectivity index (χ0n) is 13.6. The minimum absolute atomic E-state index is 0.0370. The van der Waals surface area contributed by atoms with E-state index in [-0.39, 0.29) is 5.91 Å². The lowest BCUT2D eigenvalue weighted by molar-refractivity contribution is -0.118. The van der Waals surface area contributed by atoms with Gasteiger partial charge in [0.05, 0.1) is 17.4 Å². The van der Waals surface area contributed by atoms with Gasteiger partial charge in [-0.1, -0.05) is 11.2 Å². The smallest absolute Gasteiger partial charge is 0.236 e. The molecule has 2 aromatic heterocycles. The van der Waals surface area contributed by atoms with Crippen molar-refractivity contribution in [2.24, 2.45) is 0 Å². The second-order valence-corrected chi connectivity index (χ2v) is 6.39. The van der Waals surface area contributed by atoms with Crippen molar-refractivity contribution >= 4 is 11.6 Å². The maximum Gasteiger partial charge on any atom is 0.236 e. The van der Waals surface area contributed by atoms with Crippen molar-refractivity contribution in [2.45, 2.75) is 32.1 Å². The van der Waals surface area contributed by atoms with Crippen molar-refractivity contribution in [1.82, 2.24) is 5.16 Å². The zero-order chi connectivity index (χ0) is 16.7. The number of carbonyl (C=O) groups is 1. The van der Waals surface area contributed by atoms with Crippen molar-refractivity contribution < 1.29 is 13.7 Å². The summed E-state index contributed by atoms with van der Waals surface area (Å²) in [4.78, 5) is 12.8. The van der Waals surface area contributed by atoms with Crippen molar-refractivity contribution in [1.29, 1.82) is 0 Å². The molecule has 1 aliphatic carbocycles. The molecule has 0 bridgehead atoms. The first-order valence-corrected chi connectivity index (χ1v) is 7.98. The van der Waals surface area contributed by atoms with E-state index in [1.807, 2.05) is 25.1 Å². The van der Waals surface area contributed by atoms with E-state index in [0.29, 0.717) is 17.2 Å². The topological polar surface area (TPSA) is 68.3 Å². The highest BCUT2D eigenvalue weighted by molar-refractivity contribution is 6.01. The van der Waals surface area contributed by atoms with Crippen LogP contribution in [0.3, 0.4) is 0 Å². The summed E-state index contributed by atoms with van der Waals surface area (Å²) in [5.41, 5.74) is 3.24. The largest absolute Gasteiger partial charge is 0.461 e. The van der Waals surface area contributed by atoms with Gasteiger partial charge in [0.2, 0.25) is 11.7 Å². The number of rotatable bonds is 4. The monoisotopic (exact) mass is 322 g/mol. The van der Waals surface area contributed by atoms with Gasteiger partial charge in [0.25, 0.3) is 0 Å². The van der Waals surface area contributed by atoms with Crippen LogP contribution in [0.15, 0.2) is 51.6 Å². The summed E-state index contributed by atoms with van der Waals surface area (Å²) >= 11 is 0. The molecule has 1 amide bonds. The highest BCUT2D eigenvalue weighted by Gasteiger charge is 2.54. The van der Waals surface area contributed by atoms with Crippen LogP contribution in [0.4, 0.5) is 5.69 Å². The Balaban J connectivity index is 1.56. The number of nitrogens with zero attached hydrogens (tertiary/aromatic N) is 1. The molecule has 24 heavy (non-hydrogen) atoms. The lowest BCUT2D eigenvalue weighted by Gasteiger charge is -2.13. The van der Waals surface area contributed by atoms with Crippen LogP contribution in [0.25, 0.3) is 11.5 Å². The molecule has 5 heteroatoms. The van der Waals surface area contributed by atoms with Crippen LogP contribution in [0, 0.1) is 13.8 Å². The third-order valence-electron chi connectivity index (χ3n) is 4.71. The molecule has 2 heterocycles. The van der Waals surface area contributed by atoms with Crippen LogP contribution in [0.1, 0.15) is 29.7 Å². The van der Waals surface area contributed by atoms with Crippen LogP contribution in [-0.2, 0) is 10.2 Å². The highest BCUT2D eigenvalue weighted by atomic mass is 16.5. The maximum atomic E-state index is 12.8. The lowest BCUT2D eigenvalue weighted by Crippen LogP contribution is -2.28. The summed E-state index contributed by atoms with van der Waals surface area (Å²) in [5, 5.41) is 7.12. The van der Waals surface area contributed by atoms with Gasteiger partial charge in [0.1, 0.15) is 0 Å². The van der Waals surface area contributed by atoms with Gasteiger partial charge in [0, 0.05) is 11.8 Å². The molecule has 0 aliphatic heterocycles. The Morgan fingerprint density at radius 3 is 2.62 bits per heavy atom. The van der Waals surface area contributed by atoms with Gasteiger partial charge >= 0.3 is 0 Å². The van der Waals surface area contributed by atoms with Gasteiger partial charge in [-0.25, -0.2) is 0 Å². The molecule has 0 saturated heterocycles. The summed E-state index contributed by atoms with van der Waals surface area (Å²) in [6.45, 7) is 4.08. The Labute approximate surface area is 139 Å². The Kier molecular flexibility index (Phi) is 3.30. The predicted molar refractivity (Wildman–Crippen MR) is 89.7 cm³/mol. The third-order valence-corrected chi connectivity index (χ3v) is 4.71. The quantitative estimate of drug-likeness (QED) is 0.781. The molecule has 0 unspecified atom stereocenters. The SMILES string of the molecule is Cc1ccc(NC(=O)C2(c3cc(-c4ccco4)on3)CC2)cc1C. The molecule has 5 nitrogen and oxygen atoms in total. The van der Waals surface area contributed by atoms with E-state index in [0.717, 1.165) is 24.1 Å². The molecule has 1 aromatic carbocycles. The number of amides is 1. The van der Waals surface area contributed by atoms with E-state index in [1.54, 1.807) is 24.5 Å². The molecule has 0 spiro atoms. The highest BCUT2D eigenvalue weighted by Crippen LogP contribution is 2.49. The number of nitrogens with one attached hydrogen (secondary N) is 1. The molecule has 1 fully saturated rings. The number of benzene rings is 1. The summed E-state index contributed by atoms with van der Waals surface area (Å²) in [6.07, 6.45) is 3.12. The fourth-order valence-corrected chi connectivity index (χ4v) is 2.83. The van der Waals surface area contributed by atoms with Crippen molar-refractivity contribution in [3.8, 4) is 11.5 Å². The molecule has 0 atom stereocenters. The molecular formula is C19H18N2O3. The van der Waals surface area contributed by atoms with E-state index in [2.05, 4.69) is 17.4 Å². The summed E-state index contributed by atoms with van der Waals surface area (Å²) in [7, 11) is 0. The van der Waals surface area contributed by atoms with Crippen LogP contribution >= 0.6 is 0 Å². The minimum atomic E-state index is -0.590. The standard InChI is InChI=1S/C19H18N2O3/c1-12-5-6-14(10-13(12)2)20-18(22)19(7-8-19)17-11-16(24-21-17)15-4-3-9-23-15/h3-6,9-11H,7-8H2,1-2H3,(H,20,22). The van der Waals surface area contributed by atoms with Gasteiger partial charge in [-0.05, 0) is 62.1 Å². The second-order valence-electron chi connectivity index (χ2n) is 6.39. The van der Waals surface area contributed by atoms with Crippen molar-refractivity contribution in [2.75, 3.05) is 5.32 Å². The number of aryl methyl sites for hydroxylation is 2. The molecule has 122 valence electrons. The third kappa shape index (κ3) is 2.42. The lowest BCUT2D eigenvalue weighted by atomic mass is 10.0. The van der Waals surface area contributed by atoms with Crippen molar-refractivity contribution in [3.63, 3.8) is 0 Å². The fraction of sp³-hybridized carbons (Fsp3) is 0.263. The Morgan fingerprint density at radius 1 is 1.12 bits per heavy atom. The Bertz CT molecular complexity index is 889. The molecule has 1 saturated carbocycles. The van der Waals surface area contributed by atoms with Gasteiger partial charge in [-0.3, -0.25) is 4.79 Å². The van der Waals surface area contributed by atoms with E-state index in [9.17, 15) is 4.79 Å². The maximum absolute atomic E-state index is 12.8. The van der Waals surface area contributed by atoms with E-state index in [1.165, 1.54) is 5.56 Å². The van der Waals surface area contributed by atoms with Crippen LogP contribution in [0.2, 0.25) is 0 Å². The number of hydrogen-bond donors (Lipinski definition) is 1. The first-order chi connectivity index (χ1) is 11.6. The van der Waals surface area contributed by atoms with Gasteiger partial charge in [-0.2, -0.15) is 0 Å². The van der Waals surface area contributed by atoms with Gasteiger partial charge in [0.15, 0.2) is 5.76 Å². The average Bonchev–Trinajstić information content (AvgIpc) is 3.00. The van der Waals surface area contributed by atoms with Crippen LogP contribution in [-0.4, -0.2) is 11.1 Å². The van der Waals surface area contributed by atoms with E-state index < -0.39 is 5.41 Å². The summed E-state index contributed by atoms with van der Waals surface area (Å²) in [5.74, 6) is 1.12. The van der Waals surface area contributed by atoms with Crippen molar-refractivity contribution in [3.05, 3.63) is 59.5 Å². The number of carbonyl (C=O) groups excluding carboxylic acids is 1. The van der Waals surface area contributed by atoms with Gasteiger partial charge < -0.3 is 14.3 Å². The molecular weight excluding hydrogens is 304 g/mol. The molecule has 1 aliphatic rings. The Morgan fingerprint density at radius 2 is 1.96 bits per heavy atom. The second kappa shape index (κ2) is 5.37. The summed E-state index contributed by atoms with van der Waals surface area (Å²) in [6, 6.07) is 11.3. The molecule has 4 rings (SSSR count). The first-order valence-electron chi connectivity index (χ1n) is 7.98. The Hall–Kier alpha value is -2.82.